The Morgan fingerprint density at radius 2 is 1.67 bits per heavy atom. The van der Waals surface area contributed by atoms with Crippen LogP contribution in [-0.2, 0) is 20.3 Å². The second-order valence-corrected chi connectivity index (χ2v) is 17.3. The number of nitrogen functional groups attached to an aromatic ring is 1. The molecule has 1 amide bonds. The SMILES string of the molecule is CC(C)(C)OC(=O)NC1(c2ccc(-n3c(-c4cccnc4N)nc4ccc(-c5cccc(N6CC7(C6)CN(S(C)(=O)=O)C7)c5)nc43)cc2)CCC1. The van der Waals surface area contributed by atoms with Gasteiger partial charge in [-0.1, -0.05) is 24.3 Å². The quantitative estimate of drug-likeness (QED) is 0.217. The normalized spacial score (nSPS) is 18.2. The lowest BCUT2D eigenvalue weighted by atomic mass is 9.72. The number of anilines is 2. The zero-order chi connectivity index (χ0) is 35.8. The largest absolute Gasteiger partial charge is 0.444 e. The molecule has 51 heavy (non-hydrogen) atoms. The molecule has 5 heterocycles. The average Bonchev–Trinajstić information content (AvgIpc) is 3.39. The van der Waals surface area contributed by atoms with Crippen molar-refractivity contribution < 1.29 is 17.9 Å². The number of imidazole rings is 1. The molecule has 264 valence electrons. The second kappa shape index (κ2) is 11.8. The van der Waals surface area contributed by atoms with Gasteiger partial charge in [0.25, 0.3) is 0 Å². The molecule has 2 aliphatic heterocycles. The highest BCUT2D eigenvalue weighted by atomic mass is 32.2. The molecule has 3 aromatic heterocycles. The van der Waals surface area contributed by atoms with Crippen LogP contribution in [0.1, 0.15) is 45.6 Å². The Bertz CT molecular complexity index is 2260. The number of hydrogen-bond donors (Lipinski definition) is 2. The number of hydrogen-bond acceptors (Lipinski definition) is 9. The van der Waals surface area contributed by atoms with Crippen molar-refractivity contribution in [2.24, 2.45) is 5.41 Å². The maximum atomic E-state index is 12.8. The molecule has 8 rings (SSSR count). The minimum Gasteiger partial charge on any atom is -0.444 e. The number of benzene rings is 2. The maximum Gasteiger partial charge on any atom is 0.408 e. The number of sulfonamides is 1. The molecule has 1 saturated carbocycles. The van der Waals surface area contributed by atoms with E-state index in [0.717, 1.165) is 60.5 Å². The third kappa shape index (κ3) is 6.08. The van der Waals surface area contributed by atoms with Crippen LogP contribution in [0.2, 0.25) is 0 Å². The van der Waals surface area contributed by atoms with Gasteiger partial charge in [0, 0.05) is 54.7 Å². The van der Waals surface area contributed by atoms with Crippen LogP contribution in [0.5, 0.6) is 0 Å². The number of pyridine rings is 2. The van der Waals surface area contributed by atoms with E-state index < -0.39 is 27.3 Å². The summed E-state index contributed by atoms with van der Waals surface area (Å²) in [6.07, 6.45) is 5.19. The van der Waals surface area contributed by atoms with Gasteiger partial charge in [0.05, 0.1) is 23.1 Å². The van der Waals surface area contributed by atoms with Crippen LogP contribution in [0, 0.1) is 5.41 Å². The molecule has 0 bridgehead atoms. The molecule has 1 aliphatic carbocycles. The van der Waals surface area contributed by atoms with Crippen molar-refractivity contribution in [1.29, 1.82) is 0 Å². The van der Waals surface area contributed by atoms with Gasteiger partial charge in [0.15, 0.2) is 11.5 Å². The maximum absolute atomic E-state index is 12.8. The predicted molar refractivity (Wildman–Crippen MR) is 198 cm³/mol. The number of rotatable bonds is 7. The van der Waals surface area contributed by atoms with E-state index in [1.54, 1.807) is 10.5 Å². The highest BCUT2D eigenvalue weighted by molar-refractivity contribution is 7.88. The zero-order valence-corrected chi connectivity index (χ0v) is 30.1. The minimum atomic E-state index is -3.15. The molecule has 5 aromatic rings. The Balaban J connectivity index is 1.13. The van der Waals surface area contributed by atoms with E-state index in [1.165, 1.54) is 6.26 Å². The third-order valence-corrected chi connectivity index (χ3v) is 11.5. The van der Waals surface area contributed by atoms with Crippen LogP contribution in [0.4, 0.5) is 16.3 Å². The monoisotopic (exact) mass is 706 g/mol. The first kappa shape index (κ1) is 33.2. The number of carbonyl (C=O) groups is 1. The predicted octanol–water partition coefficient (Wildman–Crippen LogP) is 5.72. The average molecular weight is 707 g/mol. The van der Waals surface area contributed by atoms with Gasteiger partial charge >= 0.3 is 6.09 Å². The van der Waals surface area contributed by atoms with Crippen LogP contribution in [0.15, 0.2) is 79.0 Å². The summed E-state index contributed by atoms with van der Waals surface area (Å²) in [7, 11) is -3.15. The van der Waals surface area contributed by atoms with E-state index in [1.807, 2.05) is 73.9 Å². The number of fused-ring (bicyclic) bond motifs is 1. The Morgan fingerprint density at radius 3 is 2.31 bits per heavy atom. The van der Waals surface area contributed by atoms with Crippen LogP contribution >= 0.6 is 0 Å². The first-order valence-corrected chi connectivity index (χ1v) is 19.1. The molecule has 3 aliphatic rings. The van der Waals surface area contributed by atoms with Crippen molar-refractivity contribution in [2.45, 2.75) is 51.2 Å². The lowest BCUT2D eigenvalue weighted by molar-refractivity contribution is 0.0377. The Kier molecular flexibility index (Phi) is 7.65. The van der Waals surface area contributed by atoms with E-state index in [2.05, 4.69) is 39.5 Å². The highest BCUT2D eigenvalue weighted by Gasteiger charge is 2.54. The van der Waals surface area contributed by atoms with Crippen LogP contribution in [0.25, 0.3) is 39.5 Å². The second-order valence-electron chi connectivity index (χ2n) is 15.3. The van der Waals surface area contributed by atoms with Gasteiger partial charge in [-0.05, 0) is 94.1 Å². The summed E-state index contributed by atoms with van der Waals surface area (Å²) in [4.78, 5) is 29.6. The fourth-order valence-corrected chi connectivity index (χ4v) is 8.56. The Hall–Kier alpha value is -5.01. The number of nitrogens with two attached hydrogens (primary N) is 1. The number of ether oxygens (including phenoxy) is 1. The molecule has 0 atom stereocenters. The van der Waals surface area contributed by atoms with Crippen molar-refractivity contribution in [1.82, 2.24) is 29.1 Å². The molecular formula is C38H42N8O4S. The summed E-state index contributed by atoms with van der Waals surface area (Å²) in [5.41, 5.74) is 12.1. The first-order chi connectivity index (χ1) is 24.2. The van der Waals surface area contributed by atoms with Crippen molar-refractivity contribution in [3.05, 3.63) is 84.6 Å². The van der Waals surface area contributed by atoms with E-state index in [9.17, 15) is 13.2 Å². The molecule has 2 aromatic carbocycles. The number of alkyl carbamates (subject to hydrolysis) is 1. The number of amides is 1. The van der Waals surface area contributed by atoms with Crippen LogP contribution < -0.4 is 16.0 Å². The van der Waals surface area contributed by atoms with Gasteiger partial charge in [-0.15, -0.1) is 0 Å². The molecule has 3 fully saturated rings. The Labute approximate surface area is 297 Å². The minimum absolute atomic E-state index is 0.0346. The van der Waals surface area contributed by atoms with Crippen molar-refractivity contribution in [3.63, 3.8) is 0 Å². The summed E-state index contributed by atoms with van der Waals surface area (Å²) in [6, 6.07) is 24.2. The standard InChI is InChI=1S/C38H42N8O4S/c1-36(2,3)50-35(47)43-38(17-7-18-38)26-11-13-27(14-12-26)46-33(29-10-6-19-40-32(29)39)42-31-16-15-30(41-34(31)46)25-8-5-9-28(20-25)44-21-37(22-44)23-45(24-37)51(4,48)49/h5-6,8-16,19-20H,7,17-18,21-24H2,1-4H3,(H2,39,40)(H,43,47). The first-order valence-electron chi connectivity index (χ1n) is 17.2. The molecular weight excluding hydrogens is 665 g/mol. The fraction of sp³-hybridized carbons (Fsp3) is 0.368. The Morgan fingerprint density at radius 1 is 0.922 bits per heavy atom. The summed E-state index contributed by atoms with van der Waals surface area (Å²) < 4.78 is 33.0. The molecule has 0 radical (unpaired) electrons. The number of carbonyl (C=O) groups excluding carboxylic acids is 1. The number of nitrogens with zero attached hydrogens (tertiary/aromatic N) is 6. The zero-order valence-electron chi connectivity index (χ0n) is 29.3. The summed E-state index contributed by atoms with van der Waals surface area (Å²) in [5, 5.41) is 3.15. The van der Waals surface area contributed by atoms with E-state index in [0.29, 0.717) is 41.5 Å². The van der Waals surface area contributed by atoms with Gasteiger partial charge in [-0.3, -0.25) is 4.57 Å². The lowest BCUT2D eigenvalue weighted by Gasteiger charge is -2.60. The molecule has 2 saturated heterocycles. The van der Waals surface area contributed by atoms with Crippen LogP contribution in [0.3, 0.4) is 0 Å². The van der Waals surface area contributed by atoms with E-state index in [-0.39, 0.29) is 5.41 Å². The number of nitrogens with one attached hydrogen (secondary N) is 1. The van der Waals surface area contributed by atoms with Gasteiger partial charge in [-0.2, -0.15) is 0 Å². The molecule has 13 heteroatoms. The van der Waals surface area contributed by atoms with Gasteiger partial charge in [0.2, 0.25) is 10.0 Å². The summed E-state index contributed by atoms with van der Waals surface area (Å²) in [5.74, 6) is 0.994. The summed E-state index contributed by atoms with van der Waals surface area (Å²) >= 11 is 0. The van der Waals surface area contributed by atoms with Crippen molar-refractivity contribution in [3.8, 4) is 28.3 Å². The fourth-order valence-electron chi connectivity index (χ4n) is 7.54. The molecule has 12 nitrogen and oxygen atoms in total. The number of aromatic nitrogens is 4. The highest BCUT2D eigenvalue weighted by Crippen LogP contribution is 2.44. The third-order valence-electron chi connectivity index (χ3n) is 10.3. The molecule has 1 spiro atoms. The van der Waals surface area contributed by atoms with Gasteiger partial charge < -0.3 is 20.7 Å². The lowest BCUT2D eigenvalue weighted by Crippen LogP contribution is -2.72. The van der Waals surface area contributed by atoms with Gasteiger partial charge in [-0.25, -0.2) is 32.5 Å². The van der Waals surface area contributed by atoms with Gasteiger partial charge in [0.1, 0.15) is 16.9 Å². The smallest absolute Gasteiger partial charge is 0.408 e. The van der Waals surface area contributed by atoms with Crippen LogP contribution in [-0.4, -0.2) is 76.4 Å². The topological polar surface area (TPSA) is 149 Å². The molecule has 0 unspecified atom stereocenters. The summed E-state index contributed by atoms with van der Waals surface area (Å²) in [6.45, 7) is 8.39. The van der Waals surface area contributed by atoms with Crippen molar-refractivity contribution >= 4 is 38.8 Å². The van der Waals surface area contributed by atoms with E-state index in [4.69, 9.17) is 20.4 Å². The molecule has 3 N–H and O–H groups in total. The van der Waals surface area contributed by atoms with E-state index >= 15 is 0 Å². The van der Waals surface area contributed by atoms with Crippen molar-refractivity contribution in [2.75, 3.05) is 43.1 Å².